The van der Waals surface area contributed by atoms with Crippen LogP contribution in [0.15, 0.2) is 24.3 Å². The Bertz CT molecular complexity index is 553. The second-order valence-electron chi connectivity index (χ2n) is 5.20. The van der Waals surface area contributed by atoms with Crippen molar-refractivity contribution in [2.75, 3.05) is 32.1 Å². The molecule has 19 heavy (non-hydrogen) atoms. The zero-order chi connectivity index (χ0) is 13.8. The summed E-state index contributed by atoms with van der Waals surface area (Å²) >= 11 is 0. The summed E-state index contributed by atoms with van der Waals surface area (Å²) in [5.74, 6) is 1.53. The van der Waals surface area contributed by atoms with Gasteiger partial charge in [-0.1, -0.05) is 31.2 Å². The topological polar surface area (TPSA) is 41.0 Å². The highest BCUT2D eigenvalue weighted by atomic mass is 15.2. The molecule has 2 rings (SSSR count). The molecule has 0 bridgehead atoms. The van der Waals surface area contributed by atoms with Crippen LogP contribution in [0.5, 0.6) is 0 Å². The highest BCUT2D eigenvalue weighted by Gasteiger charge is 2.12. The summed E-state index contributed by atoms with van der Waals surface area (Å²) in [6, 6.07) is 8.32. The van der Waals surface area contributed by atoms with Crippen molar-refractivity contribution in [3.63, 3.8) is 0 Å². The van der Waals surface area contributed by atoms with Crippen molar-refractivity contribution in [1.29, 1.82) is 0 Å². The van der Waals surface area contributed by atoms with Gasteiger partial charge in [0, 0.05) is 24.4 Å². The molecular weight excluding hydrogens is 236 g/mol. The van der Waals surface area contributed by atoms with Crippen LogP contribution in [0.25, 0.3) is 10.8 Å². The predicted octanol–water partition coefficient (Wildman–Crippen LogP) is 2.23. The van der Waals surface area contributed by atoms with Crippen molar-refractivity contribution >= 4 is 16.6 Å². The van der Waals surface area contributed by atoms with Crippen LogP contribution in [0, 0.1) is 12.8 Å². The van der Waals surface area contributed by atoms with Crippen molar-refractivity contribution in [2.45, 2.75) is 13.8 Å². The molecule has 0 saturated carbocycles. The van der Waals surface area contributed by atoms with Gasteiger partial charge in [-0.3, -0.25) is 0 Å². The molecule has 2 aromatic rings. The molecular formula is C15H22N4. The standard InChI is InChI=1S/C15H22N4/c1-11(9-16-3)10-19(4)15-14-8-6-5-7-13(14)12(2)17-18-15/h5-8,11,16H,9-10H2,1-4H3. The maximum absolute atomic E-state index is 4.38. The number of aromatic nitrogens is 2. The summed E-state index contributed by atoms with van der Waals surface area (Å²) in [4.78, 5) is 2.19. The Hall–Kier alpha value is -1.68. The number of fused-ring (bicyclic) bond motifs is 1. The molecule has 1 atom stereocenters. The fraction of sp³-hybridized carbons (Fsp3) is 0.467. The van der Waals surface area contributed by atoms with Gasteiger partial charge in [-0.2, -0.15) is 5.10 Å². The number of benzene rings is 1. The van der Waals surface area contributed by atoms with Crippen molar-refractivity contribution in [1.82, 2.24) is 15.5 Å². The number of nitrogens with zero attached hydrogens (tertiary/aromatic N) is 3. The number of aryl methyl sites for hydroxylation is 1. The number of hydrogen-bond acceptors (Lipinski definition) is 4. The summed E-state index contributed by atoms with van der Waals surface area (Å²) in [5.41, 5.74) is 0.982. The molecule has 0 radical (unpaired) electrons. The van der Waals surface area contributed by atoms with E-state index in [1.807, 2.05) is 20.0 Å². The fourth-order valence-electron chi connectivity index (χ4n) is 2.47. The van der Waals surface area contributed by atoms with Gasteiger partial charge >= 0.3 is 0 Å². The fourth-order valence-corrected chi connectivity index (χ4v) is 2.47. The Morgan fingerprint density at radius 1 is 1.21 bits per heavy atom. The molecule has 0 spiro atoms. The van der Waals surface area contributed by atoms with Gasteiger partial charge in [-0.05, 0) is 26.4 Å². The molecule has 0 aliphatic carbocycles. The number of nitrogens with one attached hydrogen (secondary N) is 1. The lowest BCUT2D eigenvalue weighted by Crippen LogP contribution is -2.30. The molecule has 4 nitrogen and oxygen atoms in total. The molecule has 0 aliphatic heterocycles. The predicted molar refractivity (Wildman–Crippen MR) is 80.6 cm³/mol. The highest BCUT2D eigenvalue weighted by Crippen LogP contribution is 2.24. The molecule has 0 fully saturated rings. The summed E-state index contributed by atoms with van der Waals surface area (Å²) in [6.07, 6.45) is 0. The number of hydrogen-bond donors (Lipinski definition) is 1. The van der Waals surface area contributed by atoms with E-state index >= 15 is 0 Å². The first-order valence-electron chi connectivity index (χ1n) is 6.71. The van der Waals surface area contributed by atoms with Crippen LogP contribution < -0.4 is 10.2 Å². The van der Waals surface area contributed by atoms with Crippen molar-refractivity contribution in [3.05, 3.63) is 30.0 Å². The Balaban J connectivity index is 2.32. The summed E-state index contributed by atoms with van der Waals surface area (Å²) in [6.45, 7) is 6.20. The Morgan fingerprint density at radius 2 is 1.89 bits per heavy atom. The molecule has 0 saturated heterocycles. The first-order chi connectivity index (χ1) is 9.13. The number of anilines is 1. The molecule has 1 aromatic heterocycles. The molecule has 1 aromatic carbocycles. The summed E-state index contributed by atoms with van der Waals surface area (Å²) in [7, 11) is 4.07. The van der Waals surface area contributed by atoms with Crippen LogP contribution in [-0.4, -0.2) is 37.4 Å². The smallest absolute Gasteiger partial charge is 0.158 e. The minimum Gasteiger partial charge on any atom is -0.357 e. The van der Waals surface area contributed by atoms with Gasteiger partial charge in [-0.15, -0.1) is 5.10 Å². The maximum Gasteiger partial charge on any atom is 0.158 e. The van der Waals surface area contributed by atoms with Crippen LogP contribution in [0.3, 0.4) is 0 Å². The average molecular weight is 258 g/mol. The van der Waals surface area contributed by atoms with Gasteiger partial charge in [0.05, 0.1) is 5.69 Å². The molecule has 102 valence electrons. The van der Waals surface area contributed by atoms with Crippen LogP contribution in [0.4, 0.5) is 5.82 Å². The van der Waals surface area contributed by atoms with E-state index in [1.165, 1.54) is 10.8 Å². The van der Waals surface area contributed by atoms with Crippen LogP contribution >= 0.6 is 0 Å². The van der Waals surface area contributed by atoms with Gasteiger partial charge in [0.1, 0.15) is 0 Å². The quantitative estimate of drug-likeness (QED) is 0.893. The third-order valence-corrected chi connectivity index (χ3v) is 3.35. The van der Waals surface area contributed by atoms with Gasteiger partial charge in [0.25, 0.3) is 0 Å². The van der Waals surface area contributed by atoms with Crippen molar-refractivity contribution in [3.8, 4) is 0 Å². The van der Waals surface area contributed by atoms with E-state index in [4.69, 9.17) is 0 Å². The first kappa shape index (κ1) is 13.7. The zero-order valence-electron chi connectivity index (χ0n) is 12.1. The van der Waals surface area contributed by atoms with E-state index in [1.54, 1.807) is 0 Å². The Morgan fingerprint density at radius 3 is 2.58 bits per heavy atom. The second kappa shape index (κ2) is 5.97. The van der Waals surface area contributed by atoms with Gasteiger partial charge in [0.15, 0.2) is 5.82 Å². The third-order valence-electron chi connectivity index (χ3n) is 3.35. The largest absolute Gasteiger partial charge is 0.357 e. The lowest BCUT2D eigenvalue weighted by molar-refractivity contribution is 0.540. The van der Waals surface area contributed by atoms with E-state index in [-0.39, 0.29) is 0 Å². The summed E-state index contributed by atoms with van der Waals surface area (Å²) < 4.78 is 0. The van der Waals surface area contributed by atoms with E-state index in [2.05, 4.69) is 52.6 Å². The first-order valence-corrected chi connectivity index (χ1v) is 6.71. The lowest BCUT2D eigenvalue weighted by Gasteiger charge is -2.23. The number of rotatable bonds is 5. The Kier molecular flexibility index (Phi) is 4.32. The molecule has 0 aliphatic rings. The SMILES string of the molecule is CNCC(C)CN(C)c1nnc(C)c2ccccc12. The van der Waals surface area contributed by atoms with Gasteiger partial charge < -0.3 is 10.2 Å². The zero-order valence-corrected chi connectivity index (χ0v) is 12.1. The molecule has 0 amide bonds. The molecule has 4 heteroatoms. The highest BCUT2D eigenvalue weighted by molar-refractivity contribution is 5.93. The minimum atomic E-state index is 0.567. The molecule has 1 heterocycles. The normalized spacial score (nSPS) is 12.6. The van der Waals surface area contributed by atoms with E-state index in [9.17, 15) is 0 Å². The molecule has 1 N–H and O–H groups in total. The molecule has 1 unspecified atom stereocenters. The third kappa shape index (κ3) is 3.01. The van der Waals surface area contributed by atoms with E-state index < -0.39 is 0 Å². The van der Waals surface area contributed by atoms with Gasteiger partial charge in [-0.25, -0.2) is 0 Å². The summed E-state index contributed by atoms with van der Waals surface area (Å²) in [5, 5.41) is 14.2. The van der Waals surface area contributed by atoms with E-state index in [0.717, 1.165) is 24.6 Å². The monoisotopic (exact) mass is 258 g/mol. The van der Waals surface area contributed by atoms with E-state index in [0.29, 0.717) is 5.92 Å². The van der Waals surface area contributed by atoms with Crippen LogP contribution in [0.1, 0.15) is 12.6 Å². The van der Waals surface area contributed by atoms with Crippen LogP contribution in [-0.2, 0) is 0 Å². The maximum atomic E-state index is 4.38. The van der Waals surface area contributed by atoms with Crippen LogP contribution in [0.2, 0.25) is 0 Å². The lowest BCUT2D eigenvalue weighted by atomic mass is 10.1. The van der Waals surface area contributed by atoms with Crippen molar-refractivity contribution in [2.24, 2.45) is 5.92 Å². The van der Waals surface area contributed by atoms with Crippen molar-refractivity contribution < 1.29 is 0 Å². The minimum absolute atomic E-state index is 0.567. The second-order valence-corrected chi connectivity index (χ2v) is 5.20. The van der Waals surface area contributed by atoms with Gasteiger partial charge in [0.2, 0.25) is 0 Å². The average Bonchev–Trinajstić information content (AvgIpc) is 2.39. The Labute approximate surface area is 114 Å².